The highest BCUT2D eigenvalue weighted by Gasteiger charge is 2.33. The number of hydrogen-bond donors (Lipinski definition) is 1. The van der Waals surface area contributed by atoms with Crippen LogP contribution in [0, 0.1) is 13.8 Å². The Morgan fingerprint density at radius 2 is 2.26 bits per heavy atom. The molecule has 1 amide bonds. The number of carbonyl (C=O) groups excluding carboxylic acids is 1. The van der Waals surface area contributed by atoms with Gasteiger partial charge < -0.3 is 9.52 Å². The van der Waals surface area contributed by atoms with Crippen LogP contribution in [-0.2, 0) is 9.59 Å². The van der Waals surface area contributed by atoms with Crippen molar-refractivity contribution in [2.45, 2.75) is 13.8 Å². The van der Waals surface area contributed by atoms with Crippen molar-refractivity contribution in [1.29, 1.82) is 0 Å². The Bertz CT molecular complexity index is 606. The zero-order valence-corrected chi connectivity index (χ0v) is 11.8. The molecule has 100 valence electrons. The van der Waals surface area contributed by atoms with Gasteiger partial charge in [-0.05, 0) is 13.0 Å². The van der Waals surface area contributed by atoms with Gasteiger partial charge in [0.05, 0.1) is 4.91 Å². The van der Waals surface area contributed by atoms with Crippen LogP contribution in [0.1, 0.15) is 17.3 Å². The first-order valence-electron chi connectivity index (χ1n) is 5.29. The van der Waals surface area contributed by atoms with E-state index in [9.17, 15) is 9.59 Å². The van der Waals surface area contributed by atoms with Gasteiger partial charge in [0.25, 0.3) is 5.91 Å². The number of amides is 1. The summed E-state index contributed by atoms with van der Waals surface area (Å²) in [6.07, 6.45) is 1.56. The normalized spacial score (nSPS) is 17.6. The maximum atomic E-state index is 12.0. The molecular formula is C11H10N2O4S2. The van der Waals surface area contributed by atoms with Crippen LogP contribution < -0.4 is 0 Å². The van der Waals surface area contributed by atoms with E-state index in [4.69, 9.17) is 21.7 Å². The molecular weight excluding hydrogens is 288 g/mol. The lowest BCUT2D eigenvalue weighted by atomic mass is 10.3. The number of carboxylic acids is 1. The number of aromatic nitrogens is 1. The summed E-state index contributed by atoms with van der Waals surface area (Å²) in [4.78, 5) is 28.2. The molecule has 1 aliphatic heterocycles. The molecule has 6 nitrogen and oxygen atoms in total. The molecule has 0 aliphatic carbocycles. The summed E-state index contributed by atoms with van der Waals surface area (Å²) in [5.41, 5.74) is 0.549. The Balaban J connectivity index is 2.28. The molecule has 1 saturated heterocycles. The molecule has 0 atom stereocenters. The summed E-state index contributed by atoms with van der Waals surface area (Å²) in [6, 6.07) is 0. The zero-order valence-electron chi connectivity index (χ0n) is 10.2. The minimum absolute atomic E-state index is 0.233. The highest BCUT2D eigenvalue weighted by Crippen LogP contribution is 2.32. The minimum Gasteiger partial charge on any atom is -0.480 e. The molecule has 0 unspecified atom stereocenters. The highest BCUT2D eigenvalue weighted by molar-refractivity contribution is 8.26. The number of carboxylic acid groups (broad SMARTS) is 1. The molecule has 19 heavy (non-hydrogen) atoms. The Morgan fingerprint density at radius 1 is 1.58 bits per heavy atom. The van der Waals surface area contributed by atoms with E-state index in [-0.39, 0.29) is 4.32 Å². The first-order chi connectivity index (χ1) is 8.88. The van der Waals surface area contributed by atoms with E-state index in [0.29, 0.717) is 22.3 Å². The average Bonchev–Trinajstić information content (AvgIpc) is 2.74. The second-order valence-electron chi connectivity index (χ2n) is 3.84. The molecule has 0 saturated carbocycles. The predicted molar refractivity (Wildman–Crippen MR) is 73.5 cm³/mol. The van der Waals surface area contributed by atoms with Gasteiger partial charge in [-0.1, -0.05) is 24.0 Å². The van der Waals surface area contributed by atoms with E-state index in [2.05, 4.69) is 4.98 Å². The van der Waals surface area contributed by atoms with Gasteiger partial charge in [-0.25, -0.2) is 4.98 Å². The summed E-state index contributed by atoms with van der Waals surface area (Å²) in [5.74, 6) is -0.422. The van der Waals surface area contributed by atoms with Crippen molar-refractivity contribution in [2.75, 3.05) is 6.54 Å². The zero-order chi connectivity index (χ0) is 14.2. The van der Waals surface area contributed by atoms with E-state index >= 15 is 0 Å². The third-order valence-electron chi connectivity index (χ3n) is 2.37. The van der Waals surface area contributed by atoms with Gasteiger partial charge >= 0.3 is 5.97 Å². The van der Waals surface area contributed by atoms with Crippen molar-refractivity contribution >= 4 is 46.3 Å². The topological polar surface area (TPSA) is 83.6 Å². The Kier molecular flexibility index (Phi) is 3.72. The van der Waals surface area contributed by atoms with Crippen molar-refractivity contribution in [1.82, 2.24) is 9.88 Å². The lowest BCUT2D eigenvalue weighted by Crippen LogP contribution is -2.33. The third kappa shape index (κ3) is 2.85. The van der Waals surface area contributed by atoms with Gasteiger partial charge in [-0.15, -0.1) is 0 Å². The summed E-state index contributed by atoms with van der Waals surface area (Å²) < 4.78 is 5.49. The molecule has 1 aliphatic rings. The van der Waals surface area contributed by atoms with E-state index in [1.54, 1.807) is 19.9 Å². The Morgan fingerprint density at radius 3 is 2.79 bits per heavy atom. The summed E-state index contributed by atoms with van der Waals surface area (Å²) >= 11 is 6.05. The van der Waals surface area contributed by atoms with E-state index < -0.39 is 18.4 Å². The molecule has 1 N–H and O–H groups in total. The molecule has 8 heteroatoms. The fourth-order valence-corrected chi connectivity index (χ4v) is 2.81. The van der Waals surface area contributed by atoms with Crippen LogP contribution in [0.4, 0.5) is 0 Å². The van der Waals surface area contributed by atoms with E-state index in [1.165, 1.54) is 0 Å². The standard InChI is InChI=1S/C11H10N2O4S2/c1-5-7(12-6(2)17-5)3-8-10(16)13(4-9(14)15)11(18)19-8/h3H,4H2,1-2H3,(H,14,15)/b8-3+. The van der Waals surface area contributed by atoms with Gasteiger partial charge in [-0.2, -0.15) is 0 Å². The molecule has 1 aromatic rings. The summed E-state index contributed by atoms with van der Waals surface area (Å²) in [7, 11) is 0. The third-order valence-corrected chi connectivity index (χ3v) is 3.75. The number of thioether (sulfide) groups is 1. The SMILES string of the molecule is Cc1nc(/C=C2/SC(=S)N(CC(=O)O)C2=O)c(C)o1. The van der Waals surface area contributed by atoms with Crippen LogP contribution in [0.15, 0.2) is 9.32 Å². The van der Waals surface area contributed by atoms with Crippen LogP contribution in [0.25, 0.3) is 6.08 Å². The molecule has 0 aromatic carbocycles. The van der Waals surface area contributed by atoms with Crippen LogP contribution in [0.5, 0.6) is 0 Å². The number of nitrogens with zero attached hydrogens (tertiary/aromatic N) is 2. The highest BCUT2D eigenvalue weighted by atomic mass is 32.2. The fourth-order valence-electron chi connectivity index (χ4n) is 1.57. The fraction of sp³-hybridized carbons (Fsp3) is 0.273. The van der Waals surface area contributed by atoms with Crippen LogP contribution in [-0.4, -0.2) is 37.7 Å². The van der Waals surface area contributed by atoms with Gasteiger partial charge in [0.15, 0.2) is 5.89 Å². The summed E-state index contributed by atoms with van der Waals surface area (Å²) in [5, 5.41) is 8.72. The molecule has 0 spiro atoms. The van der Waals surface area contributed by atoms with Gasteiger partial charge in [0, 0.05) is 6.92 Å². The van der Waals surface area contributed by atoms with Crippen molar-refractivity contribution in [2.24, 2.45) is 0 Å². The average molecular weight is 298 g/mol. The molecule has 2 heterocycles. The number of carbonyl (C=O) groups is 2. The predicted octanol–water partition coefficient (Wildman–Crippen LogP) is 1.58. The number of hydrogen-bond acceptors (Lipinski definition) is 6. The monoisotopic (exact) mass is 298 g/mol. The Hall–Kier alpha value is -1.67. The van der Waals surface area contributed by atoms with Gasteiger partial charge in [0.1, 0.15) is 22.3 Å². The Labute approximate surface area is 118 Å². The van der Waals surface area contributed by atoms with Crippen molar-refractivity contribution < 1.29 is 19.1 Å². The first kappa shape index (κ1) is 13.8. The maximum Gasteiger partial charge on any atom is 0.323 e. The lowest BCUT2D eigenvalue weighted by molar-refractivity contribution is -0.140. The van der Waals surface area contributed by atoms with Crippen LogP contribution in [0.2, 0.25) is 0 Å². The van der Waals surface area contributed by atoms with Crippen molar-refractivity contribution in [3.8, 4) is 0 Å². The number of oxazole rings is 1. The largest absolute Gasteiger partial charge is 0.480 e. The van der Waals surface area contributed by atoms with Crippen molar-refractivity contribution in [3.63, 3.8) is 0 Å². The number of aryl methyl sites for hydroxylation is 2. The molecule has 2 rings (SSSR count). The first-order valence-corrected chi connectivity index (χ1v) is 6.52. The maximum absolute atomic E-state index is 12.0. The van der Waals surface area contributed by atoms with E-state index in [1.807, 2.05) is 0 Å². The smallest absolute Gasteiger partial charge is 0.323 e. The van der Waals surface area contributed by atoms with Crippen LogP contribution >= 0.6 is 24.0 Å². The minimum atomic E-state index is -1.11. The number of rotatable bonds is 3. The second-order valence-corrected chi connectivity index (χ2v) is 5.51. The lowest BCUT2D eigenvalue weighted by Gasteiger charge is -2.09. The van der Waals surface area contributed by atoms with Crippen molar-refractivity contribution in [3.05, 3.63) is 22.3 Å². The second kappa shape index (κ2) is 5.14. The van der Waals surface area contributed by atoms with Crippen LogP contribution in [0.3, 0.4) is 0 Å². The van der Waals surface area contributed by atoms with E-state index in [0.717, 1.165) is 16.7 Å². The van der Waals surface area contributed by atoms with Gasteiger partial charge in [-0.3, -0.25) is 14.5 Å². The molecule has 0 bridgehead atoms. The number of thiocarbonyl (C=S) groups is 1. The van der Waals surface area contributed by atoms with Gasteiger partial charge in [0.2, 0.25) is 0 Å². The molecule has 0 radical (unpaired) electrons. The molecule has 1 fully saturated rings. The number of aliphatic carboxylic acids is 1. The summed E-state index contributed by atoms with van der Waals surface area (Å²) in [6.45, 7) is 3.02. The quantitative estimate of drug-likeness (QED) is 0.670. The molecule has 1 aromatic heterocycles.